The standard InChI is InChI=1S/C10H20O2P/c1-2-8-12-13(11)9-10-6-4-3-5-7-10/h10H,2-9H2,1H3/q+1. The number of hydrogen-bond donors (Lipinski definition) is 0. The molecule has 0 aliphatic heterocycles. The van der Waals surface area contributed by atoms with Crippen molar-refractivity contribution in [3.05, 3.63) is 0 Å². The minimum Gasteiger partial charge on any atom is -0.146 e. The molecule has 0 aromatic carbocycles. The van der Waals surface area contributed by atoms with Crippen molar-refractivity contribution in [2.24, 2.45) is 5.92 Å². The molecule has 3 heteroatoms. The zero-order valence-corrected chi connectivity index (χ0v) is 9.39. The topological polar surface area (TPSA) is 26.3 Å². The van der Waals surface area contributed by atoms with E-state index in [-0.39, 0.29) is 0 Å². The minimum absolute atomic E-state index is 0.655. The van der Waals surface area contributed by atoms with Crippen LogP contribution in [0.4, 0.5) is 0 Å². The van der Waals surface area contributed by atoms with Crippen molar-refractivity contribution in [3.8, 4) is 0 Å². The van der Waals surface area contributed by atoms with E-state index in [1.807, 2.05) is 6.92 Å². The van der Waals surface area contributed by atoms with Crippen molar-refractivity contribution >= 4 is 8.03 Å². The highest BCUT2D eigenvalue weighted by molar-refractivity contribution is 7.39. The van der Waals surface area contributed by atoms with Gasteiger partial charge in [-0.1, -0.05) is 26.2 Å². The fraction of sp³-hybridized carbons (Fsp3) is 1.00. The van der Waals surface area contributed by atoms with Gasteiger partial charge in [0.2, 0.25) is 0 Å². The minimum atomic E-state index is -1.36. The third-order valence-corrected chi connectivity index (χ3v) is 3.86. The van der Waals surface area contributed by atoms with E-state index in [1.165, 1.54) is 32.1 Å². The first kappa shape index (κ1) is 11.1. The maximum Gasteiger partial charge on any atom is 0.508 e. The molecule has 13 heavy (non-hydrogen) atoms. The van der Waals surface area contributed by atoms with Gasteiger partial charge in [0, 0.05) is 5.92 Å². The summed E-state index contributed by atoms with van der Waals surface area (Å²) in [6.45, 7) is 2.70. The molecule has 1 aliphatic rings. The second kappa shape index (κ2) is 6.50. The third kappa shape index (κ3) is 4.73. The van der Waals surface area contributed by atoms with Crippen molar-refractivity contribution in [1.82, 2.24) is 0 Å². The predicted molar refractivity (Wildman–Crippen MR) is 55.3 cm³/mol. The molecule has 0 aromatic heterocycles. The van der Waals surface area contributed by atoms with Gasteiger partial charge in [0.1, 0.15) is 6.61 Å². The number of rotatable bonds is 5. The number of hydrogen-bond acceptors (Lipinski definition) is 2. The Labute approximate surface area is 81.9 Å². The Balaban J connectivity index is 2.11. The van der Waals surface area contributed by atoms with Crippen molar-refractivity contribution in [3.63, 3.8) is 0 Å². The molecule has 0 radical (unpaired) electrons. The van der Waals surface area contributed by atoms with Crippen molar-refractivity contribution < 1.29 is 9.09 Å². The Bertz CT molecular complexity index is 153. The van der Waals surface area contributed by atoms with Crippen molar-refractivity contribution in [2.45, 2.75) is 45.4 Å². The molecule has 0 spiro atoms. The van der Waals surface area contributed by atoms with Crippen LogP contribution in [0, 0.1) is 5.92 Å². The zero-order valence-electron chi connectivity index (χ0n) is 8.50. The fourth-order valence-corrected chi connectivity index (χ4v) is 3.10. The fourth-order valence-electron chi connectivity index (χ4n) is 1.83. The highest BCUT2D eigenvalue weighted by Gasteiger charge is 2.25. The van der Waals surface area contributed by atoms with Gasteiger partial charge in [-0.25, -0.2) is 0 Å². The zero-order chi connectivity index (χ0) is 9.52. The van der Waals surface area contributed by atoms with Gasteiger partial charge in [-0.15, -0.1) is 4.52 Å². The molecule has 1 aliphatic carbocycles. The summed E-state index contributed by atoms with van der Waals surface area (Å²) in [5.41, 5.74) is 0. The van der Waals surface area contributed by atoms with Crippen LogP contribution in [0.25, 0.3) is 0 Å². The van der Waals surface area contributed by atoms with Gasteiger partial charge >= 0.3 is 8.03 Å². The maximum absolute atomic E-state index is 11.4. The van der Waals surface area contributed by atoms with Gasteiger partial charge in [-0.2, -0.15) is 0 Å². The first-order valence-corrected chi connectivity index (χ1v) is 6.76. The quantitative estimate of drug-likeness (QED) is 0.636. The summed E-state index contributed by atoms with van der Waals surface area (Å²) in [4.78, 5) is 0. The van der Waals surface area contributed by atoms with Gasteiger partial charge in [0.25, 0.3) is 0 Å². The Hall–Kier alpha value is 0.0600. The first-order chi connectivity index (χ1) is 6.33. The van der Waals surface area contributed by atoms with Crippen LogP contribution < -0.4 is 0 Å². The summed E-state index contributed by atoms with van der Waals surface area (Å²) in [6.07, 6.45) is 8.29. The van der Waals surface area contributed by atoms with Gasteiger partial charge in [-0.3, -0.25) is 0 Å². The monoisotopic (exact) mass is 203 g/mol. The predicted octanol–water partition coefficient (Wildman–Crippen LogP) is 3.74. The van der Waals surface area contributed by atoms with E-state index < -0.39 is 8.03 Å². The van der Waals surface area contributed by atoms with Crippen LogP contribution in [0.5, 0.6) is 0 Å². The van der Waals surface area contributed by atoms with Crippen LogP contribution in [-0.2, 0) is 9.09 Å². The largest absolute Gasteiger partial charge is 0.508 e. The van der Waals surface area contributed by atoms with Crippen LogP contribution in [0.3, 0.4) is 0 Å². The normalized spacial score (nSPS) is 20.2. The molecule has 1 unspecified atom stereocenters. The lowest BCUT2D eigenvalue weighted by Gasteiger charge is -2.16. The molecule has 0 N–H and O–H groups in total. The Morgan fingerprint density at radius 1 is 1.31 bits per heavy atom. The van der Waals surface area contributed by atoms with Crippen LogP contribution >= 0.6 is 8.03 Å². The van der Waals surface area contributed by atoms with E-state index in [1.54, 1.807) is 0 Å². The molecular weight excluding hydrogens is 183 g/mol. The molecule has 0 heterocycles. The maximum atomic E-state index is 11.4. The molecule has 1 rings (SSSR count). The summed E-state index contributed by atoms with van der Waals surface area (Å²) in [7, 11) is -1.36. The van der Waals surface area contributed by atoms with E-state index in [0.29, 0.717) is 12.5 Å². The van der Waals surface area contributed by atoms with E-state index in [0.717, 1.165) is 12.6 Å². The average Bonchev–Trinajstić information content (AvgIpc) is 2.16. The lowest BCUT2D eigenvalue weighted by molar-refractivity contribution is 0.315. The van der Waals surface area contributed by atoms with Gasteiger partial charge in [-0.05, 0) is 23.8 Å². The lowest BCUT2D eigenvalue weighted by Crippen LogP contribution is -2.09. The molecule has 0 amide bonds. The van der Waals surface area contributed by atoms with Gasteiger partial charge in [0.05, 0.1) is 0 Å². The van der Waals surface area contributed by atoms with E-state index in [2.05, 4.69) is 0 Å². The summed E-state index contributed by atoms with van der Waals surface area (Å²) in [5, 5.41) is 0. The summed E-state index contributed by atoms with van der Waals surface area (Å²) in [6, 6.07) is 0. The SMILES string of the molecule is CCCO[P+](=O)CC1CCCCC1. The molecule has 1 fully saturated rings. The molecule has 2 nitrogen and oxygen atoms in total. The summed E-state index contributed by atoms with van der Waals surface area (Å²) >= 11 is 0. The molecular formula is C10H20O2P+. The second-order valence-corrected chi connectivity index (χ2v) is 5.14. The van der Waals surface area contributed by atoms with Crippen molar-refractivity contribution in [1.29, 1.82) is 0 Å². The third-order valence-electron chi connectivity index (χ3n) is 2.57. The highest BCUT2D eigenvalue weighted by Crippen LogP contribution is 2.33. The highest BCUT2D eigenvalue weighted by atomic mass is 31.1. The smallest absolute Gasteiger partial charge is 0.146 e. The Morgan fingerprint density at radius 3 is 2.62 bits per heavy atom. The molecule has 0 saturated heterocycles. The van der Waals surface area contributed by atoms with E-state index >= 15 is 0 Å². The van der Waals surface area contributed by atoms with Crippen molar-refractivity contribution in [2.75, 3.05) is 12.8 Å². The van der Waals surface area contributed by atoms with Crippen LogP contribution in [0.1, 0.15) is 45.4 Å². The lowest BCUT2D eigenvalue weighted by atomic mass is 9.91. The molecule has 1 atom stereocenters. The van der Waals surface area contributed by atoms with Crippen LogP contribution in [0.2, 0.25) is 0 Å². The summed E-state index contributed by atoms with van der Waals surface area (Å²) < 4.78 is 16.6. The first-order valence-electron chi connectivity index (χ1n) is 5.40. The second-order valence-electron chi connectivity index (χ2n) is 3.85. The molecule has 1 saturated carbocycles. The Kier molecular flexibility index (Phi) is 5.57. The van der Waals surface area contributed by atoms with E-state index in [9.17, 15) is 4.57 Å². The Morgan fingerprint density at radius 2 is 2.00 bits per heavy atom. The van der Waals surface area contributed by atoms with E-state index in [4.69, 9.17) is 4.52 Å². The molecule has 0 aromatic rings. The van der Waals surface area contributed by atoms with Crippen LogP contribution in [-0.4, -0.2) is 12.8 Å². The van der Waals surface area contributed by atoms with Crippen LogP contribution in [0.15, 0.2) is 0 Å². The van der Waals surface area contributed by atoms with Gasteiger partial charge < -0.3 is 0 Å². The average molecular weight is 203 g/mol. The summed E-state index contributed by atoms with van der Waals surface area (Å²) in [5.74, 6) is 0.675. The molecule has 0 bridgehead atoms. The van der Waals surface area contributed by atoms with Gasteiger partial charge in [0.15, 0.2) is 6.16 Å². The molecule has 76 valence electrons.